The third kappa shape index (κ3) is 6.50. The van der Waals surface area contributed by atoms with E-state index in [1.54, 1.807) is 0 Å². The summed E-state index contributed by atoms with van der Waals surface area (Å²) in [5.41, 5.74) is 12.8. The minimum absolute atomic E-state index is 0.114. The summed E-state index contributed by atoms with van der Waals surface area (Å²) in [5.74, 6) is 0.997. The van der Waals surface area contributed by atoms with Crippen LogP contribution < -0.4 is 0 Å². The molecule has 0 aliphatic heterocycles. The van der Waals surface area contributed by atoms with E-state index in [9.17, 15) is 0 Å². The molecule has 0 heteroatoms. The van der Waals surface area contributed by atoms with Crippen LogP contribution in [0.25, 0.3) is 22.3 Å². The Bertz CT molecular complexity index is 1180. The van der Waals surface area contributed by atoms with E-state index in [0.717, 1.165) is 0 Å². The molecule has 0 aromatic heterocycles. The van der Waals surface area contributed by atoms with E-state index in [1.807, 2.05) is 0 Å². The molecule has 36 heavy (non-hydrogen) atoms. The molecule has 0 amide bonds. The van der Waals surface area contributed by atoms with E-state index in [4.69, 9.17) is 0 Å². The minimum atomic E-state index is 0.114. The van der Waals surface area contributed by atoms with Gasteiger partial charge >= 0.3 is 0 Å². The summed E-state index contributed by atoms with van der Waals surface area (Å²) in [6.45, 7) is 25.6. The van der Waals surface area contributed by atoms with Gasteiger partial charge in [-0.2, -0.15) is 0 Å². The Labute approximate surface area is 222 Å². The van der Waals surface area contributed by atoms with E-state index in [2.05, 4.69) is 131 Å². The highest BCUT2D eigenvalue weighted by atomic mass is 14.3. The van der Waals surface area contributed by atoms with Crippen LogP contribution in [0.3, 0.4) is 0 Å². The molecule has 0 saturated heterocycles. The maximum atomic E-state index is 2.48. The van der Waals surface area contributed by atoms with Crippen LogP contribution in [-0.2, 0) is 10.8 Å². The van der Waals surface area contributed by atoms with E-state index in [0.29, 0.717) is 11.8 Å². The molecular formula is C36H50. The van der Waals surface area contributed by atoms with Gasteiger partial charge in [0.15, 0.2) is 0 Å². The highest BCUT2D eigenvalue weighted by Crippen LogP contribution is 2.41. The number of rotatable bonds is 7. The van der Waals surface area contributed by atoms with Crippen molar-refractivity contribution < 1.29 is 0 Å². The number of hydrogen-bond donors (Lipinski definition) is 0. The van der Waals surface area contributed by atoms with Crippen LogP contribution >= 0.6 is 0 Å². The number of aryl methyl sites for hydroxylation is 1. The number of benzene rings is 3. The van der Waals surface area contributed by atoms with Gasteiger partial charge in [-0.05, 0) is 80.5 Å². The summed E-state index contributed by atoms with van der Waals surface area (Å²) >= 11 is 0. The zero-order valence-corrected chi connectivity index (χ0v) is 25.0. The molecule has 0 saturated carbocycles. The average molecular weight is 483 g/mol. The number of unbranched alkanes of at least 4 members (excludes halogenated alkanes) is 1. The van der Waals surface area contributed by atoms with Crippen LogP contribution in [0.5, 0.6) is 0 Å². The molecule has 0 N–H and O–H groups in total. The number of hydrogen-bond acceptors (Lipinski definition) is 0. The first-order valence-corrected chi connectivity index (χ1v) is 14.1. The van der Waals surface area contributed by atoms with Gasteiger partial charge in [0, 0.05) is 0 Å². The smallest absolute Gasteiger partial charge is 0.0132 e. The Kier molecular flexibility index (Phi) is 8.59. The maximum Gasteiger partial charge on any atom is -0.0132 e. The van der Waals surface area contributed by atoms with Crippen molar-refractivity contribution in [3.8, 4) is 22.3 Å². The van der Waals surface area contributed by atoms with Gasteiger partial charge in [0.05, 0.1) is 0 Å². The van der Waals surface area contributed by atoms with E-state index >= 15 is 0 Å². The second-order valence-corrected chi connectivity index (χ2v) is 13.4. The molecule has 0 radical (unpaired) electrons. The Morgan fingerprint density at radius 3 is 1.72 bits per heavy atom. The minimum Gasteiger partial charge on any atom is -0.0654 e. The van der Waals surface area contributed by atoms with Crippen molar-refractivity contribution in [2.45, 2.75) is 118 Å². The predicted molar refractivity (Wildman–Crippen MR) is 161 cm³/mol. The van der Waals surface area contributed by atoms with E-state index < -0.39 is 0 Å². The van der Waals surface area contributed by atoms with Gasteiger partial charge in [0.2, 0.25) is 0 Å². The fourth-order valence-electron chi connectivity index (χ4n) is 5.26. The van der Waals surface area contributed by atoms with Crippen LogP contribution in [-0.4, -0.2) is 0 Å². The zero-order chi connectivity index (χ0) is 26.8. The second-order valence-electron chi connectivity index (χ2n) is 13.4. The van der Waals surface area contributed by atoms with Crippen LogP contribution in [0.2, 0.25) is 0 Å². The molecule has 194 valence electrons. The van der Waals surface area contributed by atoms with Crippen molar-refractivity contribution in [3.63, 3.8) is 0 Å². The average Bonchev–Trinajstić information content (AvgIpc) is 2.80. The van der Waals surface area contributed by atoms with E-state index in [-0.39, 0.29) is 10.8 Å². The highest BCUT2D eigenvalue weighted by molar-refractivity contribution is 5.80. The highest BCUT2D eigenvalue weighted by Gasteiger charge is 2.22. The van der Waals surface area contributed by atoms with Gasteiger partial charge in [-0.1, -0.05) is 142 Å². The Hall–Kier alpha value is -2.34. The normalized spacial score (nSPS) is 13.3. The first-order valence-electron chi connectivity index (χ1n) is 14.1. The van der Waals surface area contributed by atoms with E-state index in [1.165, 1.54) is 69.3 Å². The van der Waals surface area contributed by atoms with Gasteiger partial charge in [0.25, 0.3) is 0 Å². The summed E-state index contributed by atoms with van der Waals surface area (Å²) in [6, 6.07) is 21.5. The Morgan fingerprint density at radius 2 is 1.22 bits per heavy atom. The van der Waals surface area contributed by atoms with Crippen LogP contribution in [0.1, 0.15) is 128 Å². The van der Waals surface area contributed by atoms with Gasteiger partial charge in [-0.3, -0.25) is 0 Å². The molecule has 3 rings (SSSR count). The van der Waals surface area contributed by atoms with Crippen molar-refractivity contribution in [2.24, 2.45) is 0 Å². The molecule has 0 aliphatic carbocycles. The van der Waals surface area contributed by atoms with Crippen molar-refractivity contribution in [1.29, 1.82) is 0 Å². The van der Waals surface area contributed by atoms with Crippen LogP contribution in [0.15, 0.2) is 54.6 Å². The van der Waals surface area contributed by atoms with Gasteiger partial charge < -0.3 is 0 Å². The molecule has 1 atom stereocenters. The lowest BCUT2D eigenvalue weighted by Crippen LogP contribution is -2.12. The van der Waals surface area contributed by atoms with Crippen molar-refractivity contribution in [2.75, 3.05) is 0 Å². The molecule has 0 bridgehead atoms. The molecule has 0 spiro atoms. The molecule has 0 aliphatic rings. The Balaban J connectivity index is 2.27. The summed E-state index contributed by atoms with van der Waals surface area (Å²) in [7, 11) is 0. The standard InChI is InChI=1S/C36H50/c1-12-13-15-26(5)27-20-29(23-31(21-27)36(9,10)11)33-17-14-16-32(34(33)24(2)3)28-18-25(4)19-30(22-28)35(6,7)8/h14,16-24,26H,12-13,15H2,1-11H3. The lowest BCUT2D eigenvalue weighted by molar-refractivity contribution is 0.583. The molecule has 3 aromatic rings. The Morgan fingerprint density at radius 1 is 0.694 bits per heavy atom. The van der Waals surface area contributed by atoms with Crippen molar-refractivity contribution >= 4 is 0 Å². The third-order valence-corrected chi connectivity index (χ3v) is 7.63. The predicted octanol–water partition coefficient (Wildman–Crippen LogP) is 11.3. The lowest BCUT2D eigenvalue weighted by Gasteiger charge is -2.26. The van der Waals surface area contributed by atoms with Gasteiger partial charge in [0.1, 0.15) is 0 Å². The van der Waals surface area contributed by atoms with Crippen molar-refractivity contribution in [3.05, 3.63) is 82.4 Å². The van der Waals surface area contributed by atoms with Crippen molar-refractivity contribution in [1.82, 2.24) is 0 Å². The quantitative estimate of drug-likeness (QED) is 0.314. The molecule has 3 aromatic carbocycles. The summed E-state index contributed by atoms with van der Waals surface area (Å²) in [6.07, 6.45) is 3.79. The first kappa shape index (κ1) is 28.2. The molecular weight excluding hydrogens is 432 g/mol. The van der Waals surface area contributed by atoms with Crippen LogP contribution in [0.4, 0.5) is 0 Å². The topological polar surface area (TPSA) is 0 Å². The largest absolute Gasteiger partial charge is 0.0654 e. The monoisotopic (exact) mass is 482 g/mol. The second kappa shape index (κ2) is 11.0. The summed E-state index contributed by atoms with van der Waals surface area (Å²) in [4.78, 5) is 0. The molecule has 0 nitrogen and oxygen atoms in total. The first-order chi connectivity index (χ1) is 16.7. The maximum absolute atomic E-state index is 2.48. The fourth-order valence-corrected chi connectivity index (χ4v) is 5.26. The SMILES string of the molecule is CCCCC(C)c1cc(-c2cccc(-c3cc(C)cc(C(C)(C)C)c3)c2C(C)C)cc(C(C)(C)C)c1. The summed E-state index contributed by atoms with van der Waals surface area (Å²) < 4.78 is 0. The molecule has 1 unspecified atom stereocenters. The van der Waals surface area contributed by atoms with Crippen LogP contribution in [0, 0.1) is 6.92 Å². The fraction of sp³-hybridized carbons (Fsp3) is 0.500. The zero-order valence-electron chi connectivity index (χ0n) is 25.0. The van der Waals surface area contributed by atoms with Gasteiger partial charge in [-0.25, -0.2) is 0 Å². The molecule has 0 heterocycles. The summed E-state index contributed by atoms with van der Waals surface area (Å²) in [5, 5.41) is 0. The lowest BCUT2D eigenvalue weighted by atomic mass is 9.79. The third-order valence-electron chi connectivity index (χ3n) is 7.63. The van der Waals surface area contributed by atoms with Gasteiger partial charge in [-0.15, -0.1) is 0 Å². The molecule has 0 fully saturated rings.